The largest absolute Gasteiger partial charge is 0.462 e. The second-order valence-corrected chi connectivity index (χ2v) is 10.7. The molecule has 1 aromatic heterocycles. The lowest BCUT2D eigenvalue weighted by atomic mass is 9.88. The number of nitrogens with zero attached hydrogens (tertiary/aromatic N) is 2. The van der Waals surface area contributed by atoms with Gasteiger partial charge >= 0.3 is 5.97 Å². The molecule has 1 aromatic rings. The molecule has 2 heterocycles. The highest BCUT2D eigenvalue weighted by atomic mass is 32.1. The van der Waals surface area contributed by atoms with Crippen molar-refractivity contribution in [1.82, 2.24) is 15.1 Å². The Morgan fingerprint density at radius 3 is 2.55 bits per heavy atom. The van der Waals surface area contributed by atoms with Crippen LogP contribution < -0.4 is 10.6 Å². The molecule has 33 heavy (non-hydrogen) atoms. The minimum atomic E-state index is -0.341. The van der Waals surface area contributed by atoms with E-state index in [0.29, 0.717) is 29.1 Å². The van der Waals surface area contributed by atoms with Gasteiger partial charge < -0.3 is 15.4 Å². The Hall–Kier alpha value is -1.97. The number of esters is 1. The first-order valence-corrected chi connectivity index (χ1v) is 13.1. The van der Waals surface area contributed by atoms with E-state index in [-0.39, 0.29) is 30.4 Å². The molecule has 2 N–H and O–H groups in total. The second-order valence-electron chi connectivity index (χ2n) is 9.60. The number of ether oxygens (including phenoxy) is 1. The molecule has 0 spiro atoms. The van der Waals surface area contributed by atoms with E-state index < -0.39 is 0 Å². The van der Waals surface area contributed by atoms with E-state index in [1.807, 2.05) is 6.92 Å². The van der Waals surface area contributed by atoms with E-state index in [1.165, 1.54) is 16.2 Å². The number of nitrogens with one attached hydrogen (secondary N) is 2. The smallest absolute Gasteiger partial charge is 0.341 e. The SMILES string of the molecule is CCOC(=O)c1c(NC(=O)CN2CCN([C@@H](C)C(=O)NC3CC3)CC2)sc2c1CC[C@@H](C)C2. The third-order valence-electron chi connectivity index (χ3n) is 6.87. The van der Waals surface area contributed by atoms with Gasteiger partial charge in [0.25, 0.3) is 0 Å². The maximum atomic E-state index is 12.9. The van der Waals surface area contributed by atoms with Crippen molar-refractivity contribution in [1.29, 1.82) is 0 Å². The fourth-order valence-corrected chi connectivity index (χ4v) is 6.07. The molecule has 182 valence electrons. The molecule has 0 unspecified atom stereocenters. The standard InChI is InChI=1S/C24H36N4O4S/c1-4-32-24(31)21-18-8-5-15(2)13-19(18)33-23(21)26-20(29)14-27-9-11-28(12-10-27)16(3)22(30)25-17-6-7-17/h15-17H,4-14H2,1-3H3,(H,25,30)(H,26,29)/t15-,16+/m1/s1. The van der Waals surface area contributed by atoms with Crippen LogP contribution in [-0.4, -0.2) is 79.0 Å². The van der Waals surface area contributed by atoms with Crippen molar-refractivity contribution in [2.75, 3.05) is 44.6 Å². The summed E-state index contributed by atoms with van der Waals surface area (Å²) in [6, 6.07) is 0.226. The monoisotopic (exact) mass is 476 g/mol. The highest BCUT2D eigenvalue weighted by Gasteiger charge is 2.32. The minimum absolute atomic E-state index is 0.103. The van der Waals surface area contributed by atoms with Gasteiger partial charge in [0.2, 0.25) is 11.8 Å². The van der Waals surface area contributed by atoms with Crippen molar-refractivity contribution in [2.24, 2.45) is 5.92 Å². The van der Waals surface area contributed by atoms with E-state index in [1.54, 1.807) is 6.92 Å². The summed E-state index contributed by atoms with van der Waals surface area (Å²) in [6.45, 7) is 9.55. The average molecular weight is 477 g/mol. The van der Waals surface area contributed by atoms with Crippen molar-refractivity contribution < 1.29 is 19.1 Å². The number of anilines is 1. The van der Waals surface area contributed by atoms with E-state index in [4.69, 9.17) is 4.74 Å². The Kier molecular flexibility index (Phi) is 7.71. The molecule has 1 aliphatic heterocycles. The Bertz CT molecular complexity index is 889. The summed E-state index contributed by atoms with van der Waals surface area (Å²) in [7, 11) is 0. The van der Waals surface area contributed by atoms with Crippen molar-refractivity contribution in [3.63, 3.8) is 0 Å². The highest BCUT2D eigenvalue weighted by Crippen LogP contribution is 2.40. The van der Waals surface area contributed by atoms with Gasteiger partial charge in [-0.1, -0.05) is 6.92 Å². The van der Waals surface area contributed by atoms with Gasteiger partial charge in [-0.2, -0.15) is 0 Å². The van der Waals surface area contributed by atoms with Crippen LogP contribution in [0.25, 0.3) is 0 Å². The first-order chi connectivity index (χ1) is 15.9. The Balaban J connectivity index is 1.32. The third kappa shape index (κ3) is 5.94. The number of thiophene rings is 1. The van der Waals surface area contributed by atoms with Crippen LogP contribution >= 0.6 is 11.3 Å². The molecule has 0 aromatic carbocycles. The van der Waals surface area contributed by atoms with Crippen LogP contribution in [0, 0.1) is 5.92 Å². The van der Waals surface area contributed by atoms with E-state index in [2.05, 4.69) is 27.4 Å². The molecule has 2 aliphatic carbocycles. The van der Waals surface area contributed by atoms with Crippen LogP contribution in [0.2, 0.25) is 0 Å². The molecule has 2 atom stereocenters. The maximum absolute atomic E-state index is 12.9. The van der Waals surface area contributed by atoms with Crippen LogP contribution in [0.4, 0.5) is 5.00 Å². The molecule has 1 saturated heterocycles. The Morgan fingerprint density at radius 2 is 1.88 bits per heavy atom. The molecule has 2 amide bonds. The fourth-order valence-electron chi connectivity index (χ4n) is 4.65. The number of hydrogen-bond acceptors (Lipinski definition) is 7. The number of piperazine rings is 1. The minimum Gasteiger partial charge on any atom is -0.462 e. The number of carbonyl (C=O) groups excluding carboxylic acids is 3. The van der Waals surface area contributed by atoms with Crippen LogP contribution in [-0.2, 0) is 27.2 Å². The van der Waals surface area contributed by atoms with Crippen LogP contribution in [0.1, 0.15) is 60.8 Å². The van der Waals surface area contributed by atoms with Crippen LogP contribution in [0.15, 0.2) is 0 Å². The molecule has 3 aliphatic rings. The molecular formula is C24H36N4O4S. The molecule has 2 fully saturated rings. The lowest BCUT2D eigenvalue weighted by Crippen LogP contribution is -2.55. The number of amides is 2. The van der Waals surface area contributed by atoms with E-state index in [0.717, 1.165) is 63.8 Å². The predicted molar refractivity (Wildman–Crippen MR) is 129 cm³/mol. The summed E-state index contributed by atoms with van der Waals surface area (Å²) in [5.74, 6) is 0.234. The number of carbonyl (C=O) groups is 3. The highest BCUT2D eigenvalue weighted by molar-refractivity contribution is 7.17. The van der Waals surface area contributed by atoms with Gasteiger partial charge in [0.15, 0.2) is 0 Å². The van der Waals surface area contributed by atoms with Crippen molar-refractivity contribution in [2.45, 2.75) is 65.0 Å². The fraction of sp³-hybridized carbons (Fsp3) is 0.708. The maximum Gasteiger partial charge on any atom is 0.341 e. The summed E-state index contributed by atoms with van der Waals surface area (Å²) in [5, 5.41) is 6.71. The van der Waals surface area contributed by atoms with E-state index in [9.17, 15) is 14.4 Å². The Labute approximate surface area is 200 Å². The lowest BCUT2D eigenvalue weighted by molar-refractivity contribution is -0.127. The molecule has 1 saturated carbocycles. The van der Waals surface area contributed by atoms with Crippen LogP contribution in [0.5, 0.6) is 0 Å². The van der Waals surface area contributed by atoms with Gasteiger partial charge in [0.05, 0.1) is 24.8 Å². The quantitative estimate of drug-likeness (QED) is 0.560. The zero-order chi connectivity index (χ0) is 23.5. The van der Waals surface area contributed by atoms with Crippen molar-refractivity contribution >= 4 is 34.1 Å². The number of fused-ring (bicyclic) bond motifs is 1. The van der Waals surface area contributed by atoms with Crippen molar-refractivity contribution in [3.8, 4) is 0 Å². The van der Waals surface area contributed by atoms with Gasteiger partial charge in [-0.05, 0) is 57.4 Å². The molecule has 4 rings (SSSR count). The van der Waals surface area contributed by atoms with Gasteiger partial charge in [0, 0.05) is 37.1 Å². The number of hydrogen-bond donors (Lipinski definition) is 2. The molecule has 8 nitrogen and oxygen atoms in total. The number of rotatable bonds is 8. The first kappa shape index (κ1) is 24.2. The first-order valence-electron chi connectivity index (χ1n) is 12.2. The summed E-state index contributed by atoms with van der Waals surface area (Å²) >= 11 is 1.52. The zero-order valence-electron chi connectivity index (χ0n) is 19.9. The topological polar surface area (TPSA) is 91.0 Å². The predicted octanol–water partition coefficient (Wildman–Crippen LogP) is 2.27. The molecule has 0 bridgehead atoms. The second kappa shape index (κ2) is 10.5. The van der Waals surface area contributed by atoms with Gasteiger partial charge in [-0.25, -0.2) is 4.79 Å². The van der Waals surface area contributed by atoms with Gasteiger partial charge in [0.1, 0.15) is 5.00 Å². The van der Waals surface area contributed by atoms with Crippen LogP contribution in [0.3, 0.4) is 0 Å². The zero-order valence-corrected chi connectivity index (χ0v) is 20.8. The Morgan fingerprint density at radius 1 is 1.15 bits per heavy atom. The lowest BCUT2D eigenvalue weighted by Gasteiger charge is -2.37. The summed E-state index contributed by atoms with van der Waals surface area (Å²) in [5.41, 5.74) is 1.61. The average Bonchev–Trinajstić information content (AvgIpc) is 3.52. The molecule has 9 heteroatoms. The van der Waals surface area contributed by atoms with Gasteiger partial charge in [-0.15, -0.1) is 11.3 Å². The van der Waals surface area contributed by atoms with Gasteiger partial charge in [-0.3, -0.25) is 19.4 Å². The molecule has 0 radical (unpaired) electrons. The normalized spacial score (nSPS) is 22.3. The summed E-state index contributed by atoms with van der Waals surface area (Å²) < 4.78 is 5.30. The molecular weight excluding hydrogens is 440 g/mol. The third-order valence-corrected chi connectivity index (χ3v) is 8.04. The van der Waals surface area contributed by atoms with E-state index >= 15 is 0 Å². The summed E-state index contributed by atoms with van der Waals surface area (Å²) in [4.78, 5) is 43.3. The summed E-state index contributed by atoms with van der Waals surface area (Å²) in [6.07, 6.45) is 5.02. The van der Waals surface area contributed by atoms with Crippen molar-refractivity contribution in [3.05, 3.63) is 16.0 Å².